The second-order valence-corrected chi connectivity index (χ2v) is 12.0. The summed E-state index contributed by atoms with van der Waals surface area (Å²) >= 11 is 7.56. The number of ether oxygens (including phenoxy) is 1. The topological polar surface area (TPSA) is 133 Å². The average Bonchev–Trinajstić information content (AvgIpc) is 3.31. The third kappa shape index (κ3) is 6.11. The smallest absolute Gasteiger partial charge is 0.339 e. The van der Waals surface area contributed by atoms with Crippen molar-refractivity contribution >= 4 is 80.4 Å². The summed E-state index contributed by atoms with van der Waals surface area (Å²) in [6, 6.07) is 10.7. The van der Waals surface area contributed by atoms with Crippen molar-refractivity contribution in [1.29, 1.82) is 0 Å². The van der Waals surface area contributed by atoms with Crippen LogP contribution in [0.5, 0.6) is 0 Å². The number of fused-ring (bicyclic) bond motifs is 1. The van der Waals surface area contributed by atoms with Crippen molar-refractivity contribution in [3.63, 3.8) is 0 Å². The average molecular weight is 620 g/mol. The Morgan fingerprint density at radius 2 is 2.02 bits per heavy atom. The van der Waals surface area contributed by atoms with Crippen LogP contribution in [0.4, 0.5) is 17.1 Å². The monoisotopic (exact) mass is 619 g/mol. The second-order valence-electron chi connectivity index (χ2n) is 10.6. The summed E-state index contributed by atoms with van der Waals surface area (Å²) in [7, 11) is 0. The van der Waals surface area contributed by atoms with E-state index in [9.17, 15) is 19.5 Å². The van der Waals surface area contributed by atoms with Crippen LogP contribution < -0.4 is 15.5 Å². The van der Waals surface area contributed by atoms with Gasteiger partial charge in [-0.2, -0.15) is 0 Å². The minimum Gasteiger partial charge on any atom is -0.478 e. The van der Waals surface area contributed by atoms with Crippen LogP contribution >= 0.6 is 23.4 Å². The zero-order valence-corrected chi connectivity index (χ0v) is 25.1. The molecular weight excluding hydrogens is 590 g/mol. The van der Waals surface area contributed by atoms with Crippen molar-refractivity contribution in [2.45, 2.75) is 32.6 Å². The number of aryl methyl sites for hydroxylation is 1. The van der Waals surface area contributed by atoms with Gasteiger partial charge in [-0.25, -0.2) is 9.79 Å². The van der Waals surface area contributed by atoms with Crippen LogP contribution in [-0.2, 0) is 20.7 Å². The fourth-order valence-corrected chi connectivity index (χ4v) is 6.33. The van der Waals surface area contributed by atoms with Crippen LogP contribution in [-0.4, -0.2) is 59.3 Å². The molecule has 3 aliphatic rings. The number of nitrogens with one attached hydrogen (secondary N) is 2. The van der Waals surface area contributed by atoms with E-state index in [1.807, 2.05) is 30.0 Å². The van der Waals surface area contributed by atoms with E-state index in [0.717, 1.165) is 24.8 Å². The molecule has 0 unspecified atom stereocenters. The number of carbonyl (C=O) groups is 3. The first kappa shape index (κ1) is 29.2. The van der Waals surface area contributed by atoms with Crippen LogP contribution in [0.15, 0.2) is 46.3 Å². The number of rotatable bonds is 7. The first-order valence-corrected chi connectivity index (χ1v) is 15.4. The molecule has 2 aliphatic heterocycles. The minimum absolute atomic E-state index is 0.00954. The molecule has 43 heavy (non-hydrogen) atoms. The van der Waals surface area contributed by atoms with E-state index in [1.165, 1.54) is 11.8 Å². The van der Waals surface area contributed by atoms with E-state index in [1.54, 1.807) is 24.3 Å². The lowest BCUT2D eigenvalue weighted by molar-refractivity contribution is -0.122. The van der Waals surface area contributed by atoms with Gasteiger partial charge in [-0.3, -0.25) is 14.6 Å². The summed E-state index contributed by atoms with van der Waals surface area (Å²) in [6.45, 7) is 4.05. The van der Waals surface area contributed by atoms with Crippen molar-refractivity contribution in [3.8, 4) is 0 Å². The molecular formula is C31H30ClN5O5S. The zero-order valence-electron chi connectivity index (χ0n) is 23.5. The highest BCUT2D eigenvalue weighted by Crippen LogP contribution is 2.36. The van der Waals surface area contributed by atoms with Gasteiger partial charge in [0.05, 0.1) is 45.7 Å². The lowest BCUT2D eigenvalue weighted by Crippen LogP contribution is -2.37. The Labute approximate surface area is 257 Å². The molecule has 2 saturated heterocycles. The molecule has 0 radical (unpaired) electrons. The number of anilines is 2. The predicted molar refractivity (Wildman–Crippen MR) is 169 cm³/mol. The highest BCUT2D eigenvalue weighted by atomic mass is 35.5. The standard InChI is InChI=1S/C31H30ClN5O5S/c1-2-22-26(30(40)41)27(37-10-12-42-13-11-37)20-14-17(6-9-23(20)34-22)15-25-29(39)36-31(43-25)35-24-16-19(7-8-21(24)32)33-28(38)18-4-3-5-18/h6-9,14-16,18H,2-5,10-13H2,1H3,(H,33,38)(H,40,41)(H,35,36,39). The number of aromatic carboxylic acids is 1. The third-order valence-electron chi connectivity index (χ3n) is 7.79. The molecule has 3 fully saturated rings. The molecule has 2 amide bonds. The summed E-state index contributed by atoms with van der Waals surface area (Å²) in [5.41, 5.74) is 3.80. The number of halogens is 1. The summed E-state index contributed by atoms with van der Waals surface area (Å²) in [5.74, 6) is -1.30. The molecule has 3 N–H and O–H groups in total. The quantitative estimate of drug-likeness (QED) is 0.290. The van der Waals surface area contributed by atoms with Crippen LogP contribution in [0, 0.1) is 5.92 Å². The van der Waals surface area contributed by atoms with Gasteiger partial charge in [0.2, 0.25) is 5.91 Å². The largest absolute Gasteiger partial charge is 0.478 e. The van der Waals surface area contributed by atoms with E-state index >= 15 is 0 Å². The van der Waals surface area contributed by atoms with Crippen molar-refractivity contribution in [1.82, 2.24) is 10.3 Å². The maximum atomic E-state index is 12.9. The molecule has 12 heteroatoms. The number of pyridine rings is 1. The molecule has 1 aliphatic carbocycles. The zero-order chi connectivity index (χ0) is 30.1. The number of morpholine rings is 1. The molecule has 0 atom stereocenters. The molecule has 222 valence electrons. The maximum absolute atomic E-state index is 12.9. The lowest BCUT2D eigenvalue weighted by atomic mass is 9.85. The number of aliphatic imine (C=N–C) groups is 1. The number of amides is 2. The Balaban J connectivity index is 1.30. The Kier molecular flexibility index (Phi) is 8.38. The van der Waals surface area contributed by atoms with Crippen LogP contribution in [0.2, 0.25) is 5.02 Å². The van der Waals surface area contributed by atoms with Crippen molar-refractivity contribution in [3.05, 3.63) is 63.1 Å². The Hall–Kier alpha value is -3.93. The van der Waals surface area contributed by atoms with E-state index in [-0.39, 0.29) is 23.3 Å². The summed E-state index contributed by atoms with van der Waals surface area (Å²) in [5, 5.41) is 17.3. The summed E-state index contributed by atoms with van der Waals surface area (Å²) in [6.07, 6.45) is 5.10. The van der Waals surface area contributed by atoms with Gasteiger partial charge in [0, 0.05) is 30.1 Å². The number of benzene rings is 2. The van der Waals surface area contributed by atoms with Gasteiger partial charge >= 0.3 is 5.97 Å². The number of aromatic nitrogens is 1. The molecule has 0 spiro atoms. The normalized spacial score (nSPS) is 19.1. The molecule has 6 rings (SSSR count). The van der Waals surface area contributed by atoms with Gasteiger partial charge in [0.15, 0.2) is 5.17 Å². The van der Waals surface area contributed by atoms with Crippen LogP contribution in [0.25, 0.3) is 17.0 Å². The number of nitrogens with zero attached hydrogens (tertiary/aromatic N) is 3. The maximum Gasteiger partial charge on any atom is 0.339 e. The fourth-order valence-electron chi connectivity index (χ4n) is 5.33. The molecule has 3 heterocycles. The third-order valence-corrected chi connectivity index (χ3v) is 9.02. The second kappa shape index (κ2) is 12.4. The highest BCUT2D eigenvalue weighted by molar-refractivity contribution is 8.18. The highest BCUT2D eigenvalue weighted by Gasteiger charge is 2.28. The Bertz CT molecular complexity index is 1700. The fraction of sp³-hybridized carbons (Fsp3) is 0.323. The summed E-state index contributed by atoms with van der Waals surface area (Å²) in [4.78, 5) is 49.4. The number of thioether (sulfide) groups is 1. The van der Waals surface area contributed by atoms with E-state index < -0.39 is 5.97 Å². The van der Waals surface area contributed by atoms with Gasteiger partial charge in [-0.05, 0) is 73.0 Å². The first-order chi connectivity index (χ1) is 20.8. The van der Waals surface area contributed by atoms with Gasteiger partial charge in [-0.1, -0.05) is 31.0 Å². The molecule has 2 aromatic carbocycles. The van der Waals surface area contributed by atoms with Gasteiger partial charge in [0.1, 0.15) is 5.56 Å². The number of hydrogen-bond donors (Lipinski definition) is 3. The molecule has 10 nitrogen and oxygen atoms in total. The van der Waals surface area contributed by atoms with Gasteiger partial charge < -0.3 is 25.4 Å². The van der Waals surface area contributed by atoms with Crippen LogP contribution in [0.3, 0.4) is 0 Å². The molecule has 3 aromatic rings. The van der Waals surface area contributed by atoms with Crippen molar-refractivity contribution < 1.29 is 24.2 Å². The predicted octanol–water partition coefficient (Wildman–Crippen LogP) is 5.62. The SMILES string of the molecule is CCc1nc2ccc(C=C3SC(=Nc4cc(NC(=O)C5CCC5)ccc4Cl)NC3=O)cc2c(N2CCOCC2)c1C(=O)O. The summed E-state index contributed by atoms with van der Waals surface area (Å²) < 4.78 is 5.51. The van der Waals surface area contributed by atoms with Crippen molar-refractivity contribution in [2.75, 3.05) is 36.5 Å². The number of amidine groups is 1. The number of carboxylic acid groups (broad SMARTS) is 1. The van der Waals surface area contributed by atoms with Gasteiger partial charge in [-0.15, -0.1) is 0 Å². The molecule has 1 saturated carbocycles. The molecule has 0 bridgehead atoms. The Morgan fingerprint density at radius 3 is 2.72 bits per heavy atom. The van der Waals surface area contributed by atoms with E-state index in [2.05, 4.69) is 20.6 Å². The number of hydrogen-bond acceptors (Lipinski definition) is 8. The number of carbonyl (C=O) groups excluding carboxylic acids is 2. The Morgan fingerprint density at radius 1 is 1.23 bits per heavy atom. The van der Waals surface area contributed by atoms with E-state index in [0.29, 0.717) is 81.5 Å². The van der Waals surface area contributed by atoms with Crippen molar-refractivity contribution in [2.24, 2.45) is 10.9 Å². The minimum atomic E-state index is -1.02. The lowest BCUT2D eigenvalue weighted by Gasteiger charge is -2.31. The molecule has 1 aromatic heterocycles. The van der Waals surface area contributed by atoms with E-state index in [4.69, 9.17) is 16.3 Å². The number of carboxylic acids is 1. The van der Waals surface area contributed by atoms with Crippen LogP contribution in [0.1, 0.15) is 47.8 Å². The first-order valence-electron chi connectivity index (χ1n) is 14.2. The van der Waals surface area contributed by atoms with Gasteiger partial charge in [0.25, 0.3) is 5.91 Å².